The summed E-state index contributed by atoms with van der Waals surface area (Å²) in [5.74, 6) is 3.36. The van der Waals surface area contributed by atoms with Crippen LogP contribution in [0.4, 0.5) is 4.39 Å². The predicted octanol–water partition coefficient (Wildman–Crippen LogP) is 6.83. The van der Waals surface area contributed by atoms with Crippen LogP contribution in [0.5, 0.6) is 0 Å². The Kier molecular flexibility index (Phi) is 3.60. The molecule has 23 heavy (non-hydrogen) atoms. The maximum Gasteiger partial charge on any atom is 0.0966 e. The Balaban J connectivity index is 1.69. The van der Waals surface area contributed by atoms with Crippen LogP contribution in [0.2, 0.25) is 0 Å². The molecule has 0 radical (unpaired) electrons. The molecular weight excluding hydrogens is 283 g/mol. The van der Waals surface area contributed by atoms with E-state index in [4.69, 9.17) is 0 Å². The number of fused-ring (bicyclic) bond motifs is 5. The van der Waals surface area contributed by atoms with Gasteiger partial charge in [-0.15, -0.1) is 0 Å². The highest BCUT2D eigenvalue weighted by molar-refractivity contribution is 5.30. The van der Waals surface area contributed by atoms with E-state index in [1.807, 2.05) is 0 Å². The Morgan fingerprint density at radius 2 is 1.78 bits per heavy atom. The number of halogens is 1. The first-order chi connectivity index (χ1) is 10.9. The lowest BCUT2D eigenvalue weighted by Gasteiger charge is -2.57. The van der Waals surface area contributed by atoms with Gasteiger partial charge in [-0.25, -0.2) is 4.39 Å². The molecule has 0 aromatic heterocycles. The predicted molar refractivity (Wildman–Crippen MR) is 94.7 cm³/mol. The molecule has 0 N–H and O–H groups in total. The number of allylic oxidation sites excluding steroid dienone is 4. The number of hydrogen-bond donors (Lipinski definition) is 0. The molecule has 0 bridgehead atoms. The van der Waals surface area contributed by atoms with E-state index in [0.29, 0.717) is 5.41 Å². The first-order valence-corrected chi connectivity index (χ1v) is 9.91. The first-order valence-electron chi connectivity index (χ1n) is 9.91. The monoisotopic (exact) mass is 316 g/mol. The fourth-order valence-corrected chi connectivity index (χ4v) is 7.22. The van der Waals surface area contributed by atoms with Crippen molar-refractivity contribution in [2.24, 2.45) is 34.5 Å². The molecule has 128 valence electrons. The van der Waals surface area contributed by atoms with Gasteiger partial charge in [-0.05, 0) is 98.4 Å². The van der Waals surface area contributed by atoms with E-state index in [1.165, 1.54) is 44.9 Å². The van der Waals surface area contributed by atoms with Crippen LogP contribution >= 0.6 is 0 Å². The van der Waals surface area contributed by atoms with Crippen molar-refractivity contribution in [2.45, 2.75) is 79.1 Å². The molecule has 4 rings (SSSR count). The van der Waals surface area contributed by atoms with Crippen LogP contribution in [0.25, 0.3) is 0 Å². The van der Waals surface area contributed by atoms with Crippen molar-refractivity contribution >= 4 is 0 Å². The lowest BCUT2D eigenvalue weighted by molar-refractivity contribution is -0.0178. The second-order valence-electron chi connectivity index (χ2n) is 9.61. The summed E-state index contributed by atoms with van der Waals surface area (Å²) < 4.78 is 14.1. The van der Waals surface area contributed by atoms with Gasteiger partial charge in [-0.3, -0.25) is 0 Å². The molecule has 0 aromatic carbocycles. The van der Waals surface area contributed by atoms with Gasteiger partial charge >= 0.3 is 0 Å². The molecule has 6 atom stereocenters. The van der Waals surface area contributed by atoms with Crippen molar-refractivity contribution in [2.75, 3.05) is 0 Å². The van der Waals surface area contributed by atoms with E-state index >= 15 is 0 Å². The Morgan fingerprint density at radius 1 is 1.09 bits per heavy atom. The number of rotatable bonds is 0. The number of hydrogen-bond acceptors (Lipinski definition) is 0. The Hall–Kier alpha value is -0.590. The Morgan fingerprint density at radius 3 is 2.52 bits per heavy atom. The summed E-state index contributed by atoms with van der Waals surface area (Å²) in [4.78, 5) is 0. The van der Waals surface area contributed by atoms with Gasteiger partial charge in [0.15, 0.2) is 0 Å². The second-order valence-corrected chi connectivity index (χ2v) is 9.61. The highest BCUT2D eigenvalue weighted by atomic mass is 19.1. The lowest BCUT2D eigenvalue weighted by atomic mass is 9.47. The van der Waals surface area contributed by atoms with Crippen molar-refractivity contribution in [1.29, 1.82) is 0 Å². The molecule has 4 aliphatic carbocycles. The van der Waals surface area contributed by atoms with E-state index in [0.717, 1.165) is 35.7 Å². The fourth-order valence-electron chi connectivity index (χ4n) is 7.22. The lowest BCUT2D eigenvalue weighted by Crippen LogP contribution is -2.49. The van der Waals surface area contributed by atoms with Crippen LogP contribution in [0.15, 0.2) is 23.0 Å². The molecule has 0 saturated heterocycles. The Bertz CT molecular complexity index is 567. The average molecular weight is 317 g/mol. The minimum atomic E-state index is 0.123. The third-order valence-electron chi connectivity index (χ3n) is 8.55. The molecule has 0 amide bonds. The van der Waals surface area contributed by atoms with Crippen LogP contribution in [-0.2, 0) is 0 Å². The van der Waals surface area contributed by atoms with Crippen LogP contribution in [-0.4, -0.2) is 0 Å². The molecule has 3 fully saturated rings. The third-order valence-corrected chi connectivity index (χ3v) is 8.55. The van der Waals surface area contributed by atoms with Gasteiger partial charge in [0.05, 0.1) is 5.83 Å². The standard InChI is InChI=1S/C22H33F/c1-14-9-11-21(3)16(13-14)5-6-17-19-8-7-18(15(2)23)22(19,4)12-10-20(17)21/h5,14,17,19-20H,6-13H2,1-4H3/b18-15+/t14?,17?,19?,20?,21-,22+/m0/s1. The molecule has 0 spiro atoms. The van der Waals surface area contributed by atoms with Crippen molar-refractivity contribution in [1.82, 2.24) is 0 Å². The highest BCUT2D eigenvalue weighted by Crippen LogP contribution is 2.66. The van der Waals surface area contributed by atoms with Crippen molar-refractivity contribution in [3.8, 4) is 0 Å². The molecule has 4 unspecified atom stereocenters. The van der Waals surface area contributed by atoms with E-state index < -0.39 is 0 Å². The van der Waals surface area contributed by atoms with E-state index in [1.54, 1.807) is 12.5 Å². The molecule has 1 heteroatoms. The van der Waals surface area contributed by atoms with E-state index in [-0.39, 0.29) is 11.2 Å². The summed E-state index contributed by atoms with van der Waals surface area (Å²) in [6, 6.07) is 0. The van der Waals surface area contributed by atoms with Gasteiger partial charge < -0.3 is 0 Å². The summed E-state index contributed by atoms with van der Waals surface area (Å²) in [7, 11) is 0. The highest BCUT2D eigenvalue weighted by Gasteiger charge is 2.57. The van der Waals surface area contributed by atoms with Gasteiger partial charge in [-0.1, -0.05) is 32.4 Å². The molecular formula is C22H33F. The van der Waals surface area contributed by atoms with Crippen LogP contribution in [0, 0.1) is 34.5 Å². The van der Waals surface area contributed by atoms with Crippen LogP contribution in [0.3, 0.4) is 0 Å². The van der Waals surface area contributed by atoms with Crippen molar-refractivity contribution in [3.63, 3.8) is 0 Å². The maximum atomic E-state index is 14.1. The molecule has 3 saturated carbocycles. The van der Waals surface area contributed by atoms with Gasteiger partial charge in [0.2, 0.25) is 0 Å². The molecule has 0 aliphatic heterocycles. The maximum absolute atomic E-state index is 14.1. The fraction of sp³-hybridized carbons (Fsp3) is 0.818. The molecule has 0 nitrogen and oxygen atoms in total. The third kappa shape index (κ3) is 2.14. The molecule has 0 heterocycles. The van der Waals surface area contributed by atoms with E-state index in [9.17, 15) is 4.39 Å². The minimum absolute atomic E-state index is 0.123. The first kappa shape index (κ1) is 15.9. The van der Waals surface area contributed by atoms with Crippen LogP contribution in [0.1, 0.15) is 79.1 Å². The molecule has 4 aliphatic rings. The van der Waals surface area contributed by atoms with Crippen molar-refractivity contribution < 1.29 is 4.39 Å². The van der Waals surface area contributed by atoms with E-state index in [2.05, 4.69) is 26.8 Å². The average Bonchev–Trinajstić information content (AvgIpc) is 2.85. The second kappa shape index (κ2) is 5.20. The Labute approximate surface area is 141 Å². The van der Waals surface area contributed by atoms with Gasteiger partial charge in [0.25, 0.3) is 0 Å². The summed E-state index contributed by atoms with van der Waals surface area (Å²) in [5, 5.41) is 0. The van der Waals surface area contributed by atoms with Crippen molar-refractivity contribution in [3.05, 3.63) is 23.0 Å². The van der Waals surface area contributed by atoms with Gasteiger partial charge in [0.1, 0.15) is 0 Å². The zero-order valence-electron chi connectivity index (χ0n) is 15.4. The quantitative estimate of drug-likeness (QED) is 0.430. The zero-order valence-corrected chi connectivity index (χ0v) is 15.4. The smallest absolute Gasteiger partial charge is 0.0966 e. The summed E-state index contributed by atoms with van der Waals surface area (Å²) in [5.41, 5.74) is 3.55. The zero-order chi connectivity index (χ0) is 16.4. The largest absolute Gasteiger partial charge is 0.212 e. The minimum Gasteiger partial charge on any atom is -0.212 e. The molecule has 0 aromatic rings. The summed E-state index contributed by atoms with van der Waals surface area (Å²) in [6.07, 6.45) is 12.8. The van der Waals surface area contributed by atoms with Gasteiger partial charge in [-0.2, -0.15) is 0 Å². The normalized spacial score (nSPS) is 51.4. The summed E-state index contributed by atoms with van der Waals surface area (Å²) >= 11 is 0. The SMILES string of the molecule is C/C(F)=C1/CCC2C3CC=C4CC(C)CC[C@]4(C)C3CC[C@]12C. The van der Waals surface area contributed by atoms with Crippen LogP contribution < -0.4 is 0 Å². The summed E-state index contributed by atoms with van der Waals surface area (Å²) in [6.45, 7) is 9.06. The van der Waals surface area contributed by atoms with Gasteiger partial charge in [0, 0.05) is 0 Å². The topological polar surface area (TPSA) is 0 Å².